The van der Waals surface area contributed by atoms with Crippen molar-refractivity contribution in [1.29, 1.82) is 0 Å². The van der Waals surface area contributed by atoms with Crippen molar-refractivity contribution < 1.29 is 36.7 Å². The van der Waals surface area contributed by atoms with E-state index in [4.69, 9.17) is 9.53 Å². The molecular weight excluding hydrogens is 468 g/mol. The molecule has 35 heavy (non-hydrogen) atoms. The Labute approximate surface area is 198 Å². The summed E-state index contributed by atoms with van der Waals surface area (Å²) in [5.74, 6) is -0.505. The molecule has 0 saturated carbocycles. The number of alkyl halides is 3. The normalized spacial score (nSPS) is 17.5. The molecule has 0 amide bonds. The molecule has 0 bridgehead atoms. The van der Waals surface area contributed by atoms with Gasteiger partial charge in [-0.25, -0.2) is 9.18 Å². The molecule has 1 aromatic heterocycles. The maximum Gasteiger partial charge on any atom is 0.446 e. The van der Waals surface area contributed by atoms with Crippen LogP contribution in [0.25, 0.3) is 10.9 Å². The Bertz CT molecular complexity index is 1190. The van der Waals surface area contributed by atoms with Crippen LogP contribution in [0.5, 0.6) is 0 Å². The van der Waals surface area contributed by atoms with E-state index in [1.807, 2.05) is 18.2 Å². The summed E-state index contributed by atoms with van der Waals surface area (Å²) in [7, 11) is 0. The zero-order valence-electron chi connectivity index (χ0n) is 18.8. The van der Waals surface area contributed by atoms with Crippen LogP contribution in [0.15, 0.2) is 48.5 Å². The number of ketones is 1. The van der Waals surface area contributed by atoms with Gasteiger partial charge < -0.3 is 15.0 Å². The highest BCUT2D eigenvalue weighted by Gasteiger charge is 2.33. The molecule has 1 saturated heterocycles. The number of nitrogens with one attached hydrogen (secondary N) is 2. The van der Waals surface area contributed by atoms with Crippen molar-refractivity contribution in [3.63, 3.8) is 0 Å². The first kappa shape index (κ1) is 26.1. The molecule has 0 unspecified atom stereocenters. The molecular formula is C25H24F4N2O4. The van der Waals surface area contributed by atoms with Gasteiger partial charge in [0, 0.05) is 23.2 Å². The number of aldehydes is 1. The second-order valence-electron chi connectivity index (χ2n) is 8.01. The molecule has 2 N–H and O–H groups in total. The van der Waals surface area contributed by atoms with E-state index < -0.39 is 18.4 Å². The monoisotopic (exact) mass is 492 g/mol. The SMILES string of the molecule is CCOC(=O)c1cc2cc(CC(=O)[C@H]3NCC[C@@H]3c3ccc(F)cc3)ccc2[nH]1.O=CC(F)(F)F. The second-order valence-corrected chi connectivity index (χ2v) is 8.01. The van der Waals surface area contributed by atoms with E-state index in [1.165, 1.54) is 12.1 Å². The van der Waals surface area contributed by atoms with Crippen molar-refractivity contribution in [2.75, 3.05) is 13.2 Å². The number of aromatic amines is 1. The predicted molar refractivity (Wildman–Crippen MR) is 121 cm³/mol. The molecule has 6 nitrogen and oxygen atoms in total. The van der Waals surface area contributed by atoms with E-state index in [9.17, 15) is 27.2 Å². The van der Waals surface area contributed by atoms with Crippen LogP contribution in [-0.4, -0.2) is 48.4 Å². The molecule has 10 heteroatoms. The van der Waals surface area contributed by atoms with Crippen molar-refractivity contribution in [2.24, 2.45) is 0 Å². The molecule has 1 fully saturated rings. The van der Waals surface area contributed by atoms with Gasteiger partial charge in [-0.3, -0.25) is 9.59 Å². The topological polar surface area (TPSA) is 88.3 Å². The molecule has 1 aliphatic rings. The minimum atomic E-state index is -4.64. The Hall–Kier alpha value is -3.53. The number of aromatic nitrogens is 1. The van der Waals surface area contributed by atoms with Crippen LogP contribution >= 0.6 is 0 Å². The van der Waals surface area contributed by atoms with Crippen molar-refractivity contribution in [3.05, 3.63) is 71.2 Å². The van der Waals surface area contributed by atoms with E-state index in [1.54, 1.807) is 25.1 Å². The third-order valence-corrected chi connectivity index (χ3v) is 5.56. The van der Waals surface area contributed by atoms with Gasteiger partial charge in [-0.15, -0.1) is 0 Å². The highest BCUT2D eigenvalue weighted by Crippen LogP contribution is 2.29. The van der Waals surface area contributed by atoms with E-state index >= 15 is 0 Å². The average Bonchev–Trinajstić information content (AvgIpc) is 3.47. The maximum atomic E-state index is 13.2. The number of carbonyl (C=O) groups is 3. The highest BCUT2D eigenvalue weighted by atomic mass is 19.4. The lowest BCUT2D eigenvalue weighted by molar-refractivity contribution is -0.156. The zero-order chi connectivity index (χ0) is 25.6. The van der Waals surface area contributed by atoms with Crippen LogP contribution in [0.4, 0.5) is 17.6 Å². The number of rotatable bonds is 6. The van der Waals surface area contributed by atoms with Crippen LogP contribution in [-0.2, 0) is 20.7 Å². The van der Waals surface area contributed by atoms with Crippen LogP contribution < -0.4 is 5.32 Å². The number of fused-ring (bicyclic) bond motifs is 1. The summed E-state index contributed by atoms with van der Waals surface area (Å²) in [6.07, 6.45) is -4.56. The first-order chi connectivity index (χ1) is 16.6. The van der Waals surface area contributed by atoms with E-state index in [0.29, 0.717) is 18.7 Å². The van der Waals surface area contributed by atoms with Gasteiger partial charge in [-0.1, -0.05) is 18.2 Å². The maximum absolute atomic E-state index is 13.2. The standard InChI is InChI=1S/C23H23FN2O3.C2HF3O/c1-2-29-23(28)20-13-16-11-14(3-8-19(16)26-20)12-21(27)22-18(9-10-25-22)15-4-6-17(24)7-5-15;3-2(4,5)1-6/h3-8,11,13,18,22,25-26H,2,9-10,12H2,1H3;1H/t18-,22+;/m1./s1. The quantitative estimate of drug-likeness (QED) is 0.301. The fraction of sp³-hybridized carbons (Fsp3) is 0.320. The number of benzene rings is 2. The van der Waals surface area contributed by atoms with Gasteiger partial charge in [-0.2, -0.15) is 13.2 Å². The number of Topliss-reactive ketones (excluding diaryl/α,β-unsaturated/α-hetero) is 1. The summed E-state index contributed by atoms with van der Waals surface area (Å²) in [5, 5.41) is 4.17. The number of halogens is 4. The Morgan fingerprint density at radius 2 is 1.80 bits per heavy atom. The largest absolute Gasteiger partial charge is 0.461 e. The van der Waals surface area contributed by atoms with Gasteiger partial charge in [0.1, 0.15) is 11.5 Å². The Balaban J connectivity index is 0.000000509. The lowest BCUT2D eigenvalue weighted by Crippen LogP contribution is -2.35. The van der Waals surface area contributed by atoms with Gasteiger partial charge in [0.25, 0.3) is 0 Å². The van der Waals surface area contributed by atoms with Gasteiger partial charge in [0.15, 0.2) is 5.78 Å². The molecule has 4 rings (SSSR count). The van der Waals surface area contributed by atoms with Crippen molar-refractivity contribution in [2.45, 2.75) is 37.9 Å². The smallest absolute Gasteiger partial charge is 0.446 e. The molecule has 2 atom stereocenters. The van der Waals surface area contributed by atoms with E-state index in [-0.39, 0.29) is 23.6 Å². The van der Waals surface area contributed by atoms with E-state index in [2.05, 4.69) is 10.3 Å². The van der Waals surface area contributed by atoms with Crippen LogP contribution in [0, 0.1) is 5.82 Å². The lowest BCUT2D eigenvalue weighted by Gasteiger charge is -2.19. The number of esters is 1. The average molecular weight is 492 g/mol. The number of ether oxygens (including phenoxy) is 1. The Morgan fingerprint density at radius 1 is 1.11 bits per heavy atom. The zero-order valence-corrected chi connectivity index (χ0v) is 18.8. The van der Waals surface area contributed by atoms with Crippen LogP contribution in [0.3, 0.4) is 0 Å². The first-order valence-corrected chi connectivity index (χ1v) is 10.9. The lowest BCUT2D eigenvalue weighted by atomic mass is 9.88. The number of hydrogen-bond donors (Lipinski definition) is 2. The van der Waals surface area contributed by atoms with Gasteiger partial charge in [-0.05, 0) is 61.3 Å². The molecule has 0 aliphatic carbocycles. The third kappa shape index (κ3) is 6.98. The summed E-state index contributed by atoms with van der Waals surface area (Å²) >= 11 is 0. The minimum Gasteiger partial charge on any atom is -0.461 e. The molecule has 1 aliphatic heterocycles. The van der Waals surface area contributed by atoms with Crippen LogP contribution in [0.2, 0.25) is 0 Å². The fourth-order valence-electron chi connectivity index (χ4n) is 4.03. The summed E-state index contributed by atoms with van der Waals surface area (Å²) in [6, 6.07) is 13.6. The predicted octanol–water partition coefficient (Wildman–Crippen LogP) is 4.49. The number of H-pyrrole nitrogens is 1. The molecule has 2 aromatic carbocycles. The first-order valence-electron chi connectivity index (χ1n) is 10.9. The summed E-state index contributed by atoms with van der Waals surface area (Å²) in [4.78, 5) is 36.6. The number of hydrogen-bond acceptors (Lipinski definition) is 5. The number of carbonyl (C=O) groups excluding carboxylic acids is 3. The minimum absolute atomic E-state index is 0.0505. The fourth-order valence-corrected chi connectivity index (χ4v) is 4.03. The highest BCUT2D eigenvalue weighted by molar-refractivity contribution is 5.95. The molecule has 2 heterocycles. The second kappa shape index (κ2) is 11.3. The van der Waals surface area contributed by atoms with Gasteiger partial charge in [0.05, 0.1) is 12.6 Å². The summed E-state index contributed by atoms with van der Waals surface area (Å²) in [6.45, 7) is 2.84. The molecule has 186 valence electrons. The summed E-state index contributed by atoms with van der Waals surface area (Å²) < 4.78 is 49.5. The van der Waals surface area contributed by atoms with Crippen molar-refractivity contribution in [1.82, 2.24) is 10.3 Å². The van der Waals surface area contributed by atoms with Crippen molar-refractivity contribution >= 4 is 28.9 Å². The molecule has 0 radical (unpaired) electrons. The summed E-state index contributed by atoms with van der Waals surface area (Å²) in [5.41, 5.74) is 3.10. The molecule has 3 aromatic rings. The van der Waals surface area contributed by atoms with Gasteiger partial charge >= 0.3 is 12.1 Å². The van der Waals surface area contributed by atoms with Gasteiger partial charge in [0.2, 0.25) is 6.29 Å². The van der Waals surface area contributed by atoms with Crippen LogP contribution in [0.1, 0.15) is 40.9 Å². The third-order valence-electron chi connectivity index (χ3n) is 5.56. The Morgan fingerprint density at radius 3 is 2.43 bits per heavy atom. The molecule has 0 spiro atoms. The van der Waals surface area contributed by atoms with E-state index in [0.717, 1.165) is 35.0 Å². The van der Waals surface area contributed by atoms with Crippen molar-refractivity contribution in [3.8, 4) is 0 Å². The Kier molecular flexibility index (Phi) is 8.39.